The van der Waals surface area contributed by atoms with Crippen LogP contribution in [0.4, 0.5) is 8.78 Å². The molecule has 3 atom stereocenters. The van der Waals surface area contributed by atoms with Gasteiger partial charge in [-0.25, -0.2) is 28.0 Å². The summed E-state index contributed by atoms with van der Waals surface area (Å²) >= 11 is 0. The number of hydrogen-bond donors (Lipinski definition) is 1. The number of rotatable bonds is 8. The molecule has 1 amide bonds. The highest BCUT2D eigenvalue weighted by molar-refractivity contribution is 6.01. The van der Waals surface area contributed by atoms with E-state index in [1.165, 1.54) is 22.3 Å². The summed E-state index contributed by atoms with van der Waals surface area (Å²) < 4.78 is 50.4. The van der Waals surface area contributed by atoms with E-state index >= 15 is 13.6 Å². The lowest BCUT2D eigenvalue weighted by Gasteiger charge is -2.34. The summed E-state index contributed by atoms with van der Waals surface area (Å²) in [6.07, 6.45) is 7.44. The van der Waals surface area contributed by atoms with Gasteiger partial charge in [0.2, 0.25) is 5.88 Å². The number of ether oxygens (including phenoxy) is 1. The largest absolute Gasteiger partial charge is 0.481 e. The van der Waals surface area contributed by atoms with Gasteiger partial charge in [-0.05, 0) is 111 Å². The first kappa shape index (κ1) is 40.9. The summed E-state index contributed by atoms with van der Waals surface area (Å²) in [6, 6.07) is 14.9. The van der Waals surface area contributed by atoms with Crippen molar-refractivity contribution < 1.29 is 22.8 Å². The van der Waals surface area contributed by atoms with Crippen LogP contribution in [0.2, 0.25) is 0 Å². The average Bonchev–Trinajstić information content (AvgIpc) is 3.92. The molecule has 3 aromatic carbocycles. The van der Waals surface area contributed by atoms with Gasteiger partial charge >= 0.3 is 11.4 Å². The molecule has 6 aromatic heterocycles. The minimum absolute atomic E-state index is 0.137. The Labute approximate surface area is 374 Å². The van der Waals surface area contributed by atoms with Gasteiger partial charge in [0.15, 0.2) is 5.82 Å². The predicted octanol–water partition coefficient (Wildman–Crippen LogP) is 7.15. The molecule has 1 aliphatic heterocycles. The van der Waals surface area contributed by atoms with Crippen LogP contribution in [-0.4, -0.2) is 72.8 Å². The average molecular weight is 892 g/mol. The van der Waals surface area contributed by atoms with E-state index in [0.717, 1.165) is 10.9 Å². The number of halogens is 2. The van der Waals surface area contributed by atoms with Crippen molar-refractivity contribution >= 4 is 27.7 Å². The van der Waals surface area contributed by atoms with E-state index < -0.39 is 23.2 Å². The number of H-pyrrole nitrogens is 1. The van der Waals surface area contributed by atoms with Crippen molar-refractivity contribution in [1.29, 1.82) is 0 Å². The number of imidazole rings is 1. The Morgan fingerprint density at radius 2 is 1.68 bits per heavy atom. The summed E-state index contributed by atoms with van der Waals surface area (Å²) in [7, 11) is 3.35. The quantitative estimate of drug-likeness (QED) is 0.167. The first-order valence-corrected chi connectivity index (χ1v) is 21.5. The van der Waals surface area contributed by atoms with Crippen LogP contribution in [0.5, 0.6) is 5.88 Å². The number of aryl methyl sites for hydroxylation is 3. The van der Waals surface area contributed by atoms with E-state index in [9.17, 15) is 9.59 Å². The van der Waals surface area contributed by atoms with Gasteiger partial charge < -0.3 is 14.2 Å². The third-order valence-corrected chi connectivity index (χ3v) is 13.7. The molecule has 0 radical (unpaired) electrons. The number of aromatic amines is 1. The van der Waals surface area contributed by atoms with Gasteiger partial charge in [0, 0.05) is 66.1 Å². The molecule has 16 nitrogen and oxygen atoms in total. The predicted molar refractivity (Wildman–Crippen MR) is 240 cm³/mol. The van der Waals surface area contributed by atoms with Crippen molar-refractivity contribution in [3.05, 3.63) is 152 Å². The van der Waals surface area contributed by atoms with Crippen LogP contribution < -0.4 is 16.2 Å². The maximum absolute atomic E-state index is 16.6. The van der Waals surface area contributed by atoms with E-state index in [1.807, 2.05) is 39.1 Å². The van der Waals surface area contributed by atoms with Crippen LogP contribution in [0.3, 0.4) is 0 Å². The van der Waals surface area contributed by atoms with Crippen LogP contribution in [-0.2, 0) is 19.0 Å². The normalized spacial score (nSPS) is 18.1. The van der Waals surface area contributed by atoms with Gasteiger partial charge in [0.1, 0.15) is 28.7 Å². The van der Waals surface area contributed by atoms with Crippen molar-refractivity contribution in [3.8, 4) is 34.2 Å². The summed E-state index contributed by atoms with van der Waals surface area (Å²) in [6.45, 7) is 9.27. The highest BCUT2D eigenvalue weighted by atomic mass is 19.1. The third-order valence-electron chi connectivity index (χ3n) is 13.7. The maximum atomic E-state index is 16.6. The lowest BCUT2D eigenvalue weighted by Crippen LogP contribution is -2.41. The minimum atomic E-state index is -1.05. The summed E-state index contributed by atoms with van der Waals surface area (Å²) in [5.74, 6) is -1.16. The molecule has 1 saturated carbocycles. The van der Waals surface area contributed by atoms with E-state index in [4.69, 9.17) is 14.4 Å². The van der Waals surface area contributed by atoms with Gasteiger partial charge in [-0.3, -0.25) is 28.1 Å². The fraction of sp³-hybridized carbons (Fsp3) is 0.271. The van der Waals surface area contributed by atoms with Gasteiger partial charge in [0.05, 0.1) is 47.5 Å². The van der Waals surface area contributed by atoms with E-state index in [1.54, 1.807) is 94.7 Å². The van der Waals surface area contributed by atoms with Crippen molar-refractivity contribution in [2.24, 2.45) is 13.0 Å². The van der Waals surface area contributed by atoms with Gasteiger partial charge in [-0.15, -0.1) is 0 Å². The molecule has 0 spiro atoms. The number of benzene rings is 3. The Kier molecular flexibility index (Phi) is 9.02. The van der Waals surface area contributed by atoms with Crippen molar-refractivity contribution in [1.82, 2.24) is 53.3 Å². The van der Waals surface area contributed by atoms with E-state index in [2.05, 4.69) is 20.2 Å². The molecule has 0 bridgehead atoms. The molecule has 334 valence electrons. The topological polar surface area (TPSA) is 169 Å². The second kappa shape index (κ2) is 14.6. The highest BCUT2D eigenvalue weighted by Crippen LogP contribution is 2.56. The van der Waals surface area contributed by atoms with Crippen molar-refractivity contribution in [3.63, 3.8) is 0 Å². The second-order valence-corrected chi connectivity index (χ2v) is 17.5. The molecule has 11 rings (SSSR count). The number of nitrogens with zero attached hydrogens (tertiary/aromatic N) is 10. The number of carbonyl (C=O) groups excluding carboxylic acids is 1. The number of hydrogen-bond acceptors (Lipinski definition) is 9. The molecule has 18 heteroatoms. The Balaban J connectivity index is 1.08. The van der Waals surface area contributed by atoms with Crippen molar-refractivity contribution in [2.45, 2.75) is 59.0 Å². The lowest BCUT2D eigenvalue weighted by molar-refractivity contribution is 0.0663. The van der Waals surface area contributed by atoms with Crippen LogP contribution in [0.25, 0.3) is 50.1 Å². The number of fused-ring (bicyclic) bond motifs is 3. The molecule has 9 aromatic rings. The Hall–Kier alpha value is -7.89. The minimum Gasteiger partial charge on any atom is -0.481 e. The van der Waals surface area contributed by atoms with Crippen LogP contribution in [0.1, 0.15) is 70.6 Å². The van der Waals surface area contributed by atoms with Gasteiger partial charge in [0.25, 0.3) is 5.91 Å². The smallest absolute Gasteiger partial charge is 0.438 e. The summed E-state index contributed by atoms with van der Waals surface area (Å²) in [5, 5.41) is 15.0. The second-order valence-electron chi connectivity index (χ2n) is 17.5. The fourth-order valence-corrected chi connectivity index (χ4v) is 10.2. The number of carbonyl (C=O) groups is 1. The molecule has 7 heterocycles. The number of aromatic nitrogens is 10. The number of nitrogens with one attached hydrogen (secondary N) is 1. The third kappa shape index (κ3) is 5.89. The molecule has 1 fully saturated rings. The Bertz CT molecular complexity index is 3600. The maximum Gasteiger partial charge on any atom is 0.438 e. The lowest BCUT2D eigenvalue weighted by atomic mass is 9.98. The van der Waals surface area contributed by atoms with Gasteiger partial charge in [-0.1, -0.05) is 12.1 Å². The molecule has 66 heavy (non-hydrogen) atoms. The summed E-state index contributed by atoms with van der Waals surface area (Å²) in [5.41, 5.74) is 4.93. The van der Waals surface area contributed by atoms with E-state index in [0.29, 0.717) is 85.9 Å². The number of methoxy groups -OCH3 is 1. The first-order valence-electron chi connectivity index (χ1n) is 21.5. The molecular formula is C48H43F2N11O5. The zero-order chi connectivity index (χ0) is 46.1. The Morgan fingerprint density at radius 3 is 2.39 bits per heavy atom. The zero-order valence-corrected chi connectivity index (χ0v) is 37.1. The molecular weight excluding hydrogens is 849 g/mol. The first-order chi connectivity index (χ1) is 31.7. The molecule has 2 aliphatic rings. The number of amides is 1. The summed E-state index contributed by atoms with van der Waals surface area (Å²) in [4.78, 5) is 51.4. The molecule has 1 aliphatic carbocycles. The fourth-order valence-electron chi connectivity index (χ4n) is 10.2. The number of pyridine rings is 1. The zero-order valence-electron chi connectivity index (χ0n) is 37.1. The standard InChI is InChI=1S/C48H43F2N11O5/c1-24-16-32(17-25(2)41(24)50)61-43(59-15-14-58(47(59)64)31-8-9-37-30(18-31)23-52-56(37)6)40-28(5)57(13-11-36(40)54-61)44(62)39-20-29-19-34(33-10-12-51-42(65-7)27(33)4)35(49)21-38(29)60(39)48(22-26(48)3)45-53-46(63)66-55-45/h8-10,12,14-21,23,26,28H,11,13,22H2,1-7H3,(H,53,55,63)/t26-,28-,48-/m0/s1. The van der Waals surface area contributed by atoms with Crippen LogP contribution in [0, 0.1) is 38.3 Å². The van der Waals surface area contributed by atoms with E-state index in [-0.39, 0.29) is 41.4 Å². The monoisotopic (exact) mass is 891 g/mol. The molecule has 0 saturated heterocycles. The molecule has 1 N–H and O–H groups in total. The van der Waals surface area contributed by atoms with Crippen molar-refractivity contribution in [2.75, 3.05) is 13.7 Å². The molecule has 0 unspecified atom stereocenters. The SMILES string of the molecule is COc1nccc(-c2cc3cc(C(=O)N4CCc5nn(-c6cc(C)c(F)c(C)c6)c(-n6ccn(-c7ccc8c(cnn8C)c7)c6=O)c5[C@@H]4C)n([C@@]4(c5noc(=O)[nH]5)C[C@@H]4C)c3cc2F)c1C. The van der Waals surface area contributed by atoms with Crippen LogP contribution in [0.15, 0.2) is 93.5 Å². The Morgan fingerprint density at radius 1 is 0.924 bits per heavy atom. The van der Waals surface area contributed by atoms with Gasteiger partial charge in [-0.2, -0.15) is 10.2 Å². The van der Waals surface area contributed by atoms with Crippen LogP contribution >= 0.6 is 0 Å². The highest BCUT2D eigenvalue weighted by Gasteiger charge is 2.59.